The van der Waals surface area contributed by atoms with Crippen molar-refractivity contribution in [2.24, 2.45) is 0 Å². The summed E-state index contributed by atoms with van der Waals surface area (Å²) in [4.78, 5) is 30.0. The molecule has 0 saturated heterocycles. The van der Waals surface area contributed by atoms with Crippen molar-refractivity contribution in [2.45, 2.75) is 56.3 Å². The van der Waals surface area contributed by atoms with Gasteiger partial charge in [-0.1, -0.05) is 85.1 Å². The van der Waals surface area contributed by atoms with Gasteiger partial charge in [0.1, 0.15) is 0 Å². The summed E-state index contributed by atoms with van der Waals surface area (Å²) in [6, 6.07) is 22.6. The summed E-state index contributed by atoms with van der Waals surface area (Å²) in [5.74, 6) is -1.11. The van der Waals surface area contributed by atoms with E-state index in [2.05, 4.69) is 10.0 Å². The Balaban J connectivity index is 1.62. The summed E-state index contributed by atoms with van der Waals surface area (Å²) in [7, 11) is -3.51. The molecule has 0 radical (unpaired) electrons. The Hall–Kier alpha value is -3.20. The summed E-state index contributed by atoms with van der Waals surface area (Å²) in [6.07, 6.45) is 4.10. The molecule has 2 aliphatic rings. The highest BCUT2D eigenvalue weighted by atomic mass is 35.5. The quantitative estimate of drug-likeness (QED) is 0.430. The number of fused-ring (bicyclic) bond motifs is 1. The van der Waals surface area contributed by atoms with E-state index in [0.717, 1.165) is 30.2 Å². The average Bonchev–Trinajstić information content (AvgIpc) is 2.92. The van der Waals surface area contributed by atoms with Gasteiger partial charge in [-0.3, -0.25) is 9.59 Å². The van der Waals surface area contributed by atoms with Gasteiger partial charge in [0.2, 0.25) is 15.9 Å². The van der Waals surface area contributed by atoms with Gasteiger partial charge in [0.05, 0.1) is 18.2 Å². The van der Waals surface area contributed by atoms with Crippen molar-refractivity contribution >= 4 is 33.4 Å². The Morgan fingerprint density at radius 3 is 2.33 bits per heavy atom. The molecule has 0 bridgehead atoms. The molecule has 204 valence electrons. The number of carbonyl (C=O) groups excluding carboxylic acids is 2. The lowest BCUT2D eigenvalue weighted by molar-refractivity contribution is -0.124. The number of benzene rings is 3. The standard InChI is InChI=1S/C30H32ClN3O4S/c1-39(37,38)33-25-13-7-8-14-26(25)34-28(21-15-17-22(31)18-16-21)27(23-11-5-6-12-24(23)30(34)36)29(35)32-19-20-9-3-2-4-10-20/h2-6,9-12,15-18,25-28,33H,7-8,13-14,19H2,1H3,(H,32,35)/t25-,26-,27+,28-/m0/s1. The van der Waals surface area contributed by atoms with Crippen LogP contribution in [0.3, 0.4) is 0 Å². The van der Waals surface area contributed by atoms with Crippen molar-refractivity contribution in [3.8, 4) is 0 Å². The van der Waals surface area contributed by atoms with Crippen LogP contribution in [0.15, 0.2) is 78.9 Å². The second-order valence-electron chi connectivity index (χ2n) is 10.3. The number of carbonyl (C=O) groups is 2. The molecular formula is C30H32ClN3O4S. The topological polar surface area (TPSA) is 95.6 Å². The third-order valence-electron chi connectivity index (χ3n) is 7.63. The maximum absolute atomic E-state index is 14.2. The summed E-state index contributed by atoms with van der Waals surface area (Å²) in [5, 5.41) is 3.64. The molecular weight excluding hydrogens is 534 g/mol. The fourth-order valence-corrected chi connectivity index (χ4v) is 6.92. The van der Waals surface area contributed by atoms with Crippen LogP contribution in [0.2, 0.25) is 5.02 Å². The first-order chi connectivity index (χ1) is 18.7. The summed E-state index contributed by atoms with van der Waals surface area (Å²) < 4.78 is 27.4. The van der Waals surface area contributed by atoms with E-state index in [1.54, 1.807) is 29.2 Å². The van der Waals surface area contributed by atoms with Crippen molar-refractivity contribution in [2.75, 3.05) is 6.26 Å². The largest absolute Gasteiger partial charge is 0.351 e. The molecule has 2 amide bonds. The number of amides is 2. The van der Waals surface area contributed by atoms with Crippen molar-refractivity contribution in [1.82, 2.24) is 14.9 Å². The van der Waals surface area contributed by atoms with Crippen LogP contribution >= 0.6 is 11.6 Å². The molecule has 1 fully saturated rings. The molecule has 5 rings (SSSR count). The van der Waals surface area contributed by atoms with Crippen LogP contribution in [0, 0.1) is 0 Å². The van der Waals surface area contributed by atoms with E-state index < -0.39 is 34.1 Å². The maximum atomic E-state index is 14.2. The lowest BCUT2D eigenvalue weighted by Crippen LogP contribution is -2.59. The predicted molar refractivity (Wildman–Crippen MR) is 152 cm³/mol. The van der Waals surface area contributed by atoms with Crippen LogP contribution < -0.4 is 10.0 Å². The van der Waals surface area contributed by atoms with Crippen molar-refractivity contribution in [3.05, 3.63) is 106 Å². The Bertz CT molecular complexity index is 1450. The van der Waals surface area contributed by atoms with Gasteiger partial charge in [0.15, 0.2) is 0 Å². The molecule has 1 saturated carbocycles. The average molecular weight is 566 g/mol. The van der Waals surface area contributed by atoms with Gasteiger partial charge < -0.3 is 10.2 Å². The fraction of sp³-hybridized carbons (Fsp3) is 0.333. The van der Waals surface area contributed by atoms with Gasteiger partial charge in [0, 0.05) is 29.2 Å². The van der Waals surface area contributed by atoms with Gasteiger partial charge in [-0.2, -0.15) is 0 Å². The lowest BCUT2D eigenvalue weighted by atomic mass is 9.76. The molecule has 0 aromatic heterocycles. The third-order valence-corrected chi connectivity index (χ3v) is 8.61. The minimum absolute atomic E-state index is 0.202. The molecule has 7 nitrogen and oxygen atoms in total. The van der Waals surface area contributed by atoms with Crippen LogP contribution in [0.5, 0.6) is 0 Å². The minimum atomic E-state index is -3.51. The summed E-state index contributed by atoms with van der Waals surface area (Å²) in [6.45, 7) is 0.349. The smallest absolute Gasteiger partial charge is 0.255 e. The van der Waals surface area contributed by atoms with E-state index in [1.807, 2.05) is 54.6 Å². The molecule has 3 aromatic rings. The molecule has 0 spiro atoms. The number of hydrogen-bond donors (Lipinski definition) is 2. The second-order valence-corrected chi connectivity index (χ2v) is 12.5. The molecule has 1 aliphatic heterocycles. The highest BCUT2D eigenvalue weighted by Gasteiger charge is 2.48. The highest BCUT2D eigenvalue weighted by Crippen LogP contribution is 2.46. The third kappa shape index (κ3) is 6.03. The first-order valence-electron chi connectivity index (χ1n) is 13.2. The maximum Gasteiger partial charge on any atom is 0.255 e. The fourth-order valence-electron chi connectivity index (χ4n) is 5.97. The van der Waals surface area contributed by atoms with E-state index in [4.69, 9.17) is 11.6 Å². The van der Waals surface area contributed by atoms with Crippen LogP contribution in [0.25, 0.3) is 0 Å². The van der Waals surface area contributed by atoms with E-state index >= 15 is 0 Å². The van der Waals surface area contributed by atoms with Crippen molar-refractivity contribution in [1.29, 1.82) is 0 Å². The molecule has 9 heteroatoms. The van der Waals surface area contributed by atoms with Crippen LogP contribution in [-0.4, -0.2) is 43.5 Å². The zero-order chi connectivity index (χ0) is 27.6. The molecule has 1 heterocycles. The van der Waals surface area contributed by atoms with Gasteiger partial charge in [-0.25, -0.2) is 13.1 Å². The van der Waals surface area contributed by atoms with E-state index in [1.165, 1.54) is 0 Å². The molecule has 4 atom stereocenters. The van der Waals surface area contributed by atoms with Crippen molar-refractivity contribution < 1.29 is 18.0 Å². The number of nitrogens with zero attached hydrogens (tertiary/aromatic N) is 1. The van der Waals surface area contributed by atoms with Gasteiger partial charge >= 0.3 is 0 Å². The van der Waals surface area contributed by atoms with Crippen molar-refractivity contribution in [3.63, 3.8) is 0 Å². The monoisotopic (exact) mass is 565 g/mol. The van der Waals surface area contributed by atoms with E-state index in [0.29, 0.717) is 35.5 Å². The Labute approximate surface area is 234 Å². The Morgan fingerprint density at radius 2 is 1.62 bits per heavy atom. The zero-order valence-corrected chi connectivity index (χ0v) is 23.3. The van der Waals surface area contributed by atoms with E-state index in [9.17, 15) is 18.0 Å². The molecule has 2 N–H and O–H groups in total. The zero-order valence-electron chi connectivity index (χ0n) is 21.7. The van der Waals surface area contributed by atoms with E-state index in [-0.39, 0.29) is 11.8 Å². The number of rotatable bonds is 7. The number of nitrogens with one attached hydrogen (secondary N) is 2. The summed E-state index contributed by atoms with van der Waals surface area (Å²) >= 11 is 6.22. The highest BCUT2D eigenvalue weighted by molar-refractivity contribution is 7.88. The molecule has 3 aromatic carbocycles. The van der Waals surface area contributed by atoms with Crippen LogP contribution in [0.4, 0.5) is 0 Å². The van der Waals surface area contributed by atoms with Gasteiger partial charge in [-0.15, -0.1) is 0 Å². The van der Waals surface area contributed by atoms with Crippen LogP contribution in [0.1, 0.15) is 64.7 Å². The lowest BCUT2D eigenvalue weighted by Gasteiger charge is -2.49. The summed E-state index contributed by atoms with van der Waals surface area (Å²) in [5.41, 5.74) is 2.86. The number of halogens is 1. The van der Waals surface area contributed by atoms with Gasteiger partial charge in [0.25, 0.3) is 5.91 Å². The molecule has 0 unspecified atom stereocenters. The predicted octanol–water partition coefficient (Wildman–Crippen LogP) is 4.80. The first kappa shape index (κ1) is 27.4. The Kier molecular flexibility index (Phi) is 8.07. The SMILES string of the molecule is CS(=O)(=O)N[C@H]1CCCC[C@@H]1N1C(=O)c2ccccc2[C@@H](C(=O)NCc2ccccc2)[C@@H]1c1ccc(Cl)cc1. The molecule has 39 heavy (non-hydrogen) atoms. The Morgan fingerprint density at radius 1 is 0.949 bits per heavy atom. The number of sulfonamides is 1. The van der Waals surface area contributed by atoms with Crippen LogP contribution in [-0.2, 0) is 21.4 Å². The number of hydrogen-bond acceptors (Lipinski definition) is 4. The van der Waals surface area contributed by atoms with Gasteiger partial charge in [-0.05, 0) is 47.7 Å². The minimum Gasteiger partial charge on any atom is -0.351 e. The first-order valence-corrected chi connectivity index (χ1v) is 15.5. The normalized spacial score (nSPS) is 23.2. The molecule has 1 aliphatic carbocycles. The second kappa shape index (κ2) is 11.5.